The van der Waals surface area contributed by atoms with Gasteiger partial charge in [0.05, 0.1) is 6.54 Å². The molecule has 18 heavy (non-hydrogen) atoms. The second kappa shape index (κ2) is 4.36. The first kappa shape index (κ1) is 11.1. The van der Waals surface area contributed by atoms with E-state index in [2.05, 4.69) is 43.5 Å². The Morgan fingerprint density at radius 2 is 2.17 bits per heavy atom. The standard InChI is InChI=1S/C12H16N6/c1-9(2)12-13-4-3-10(15-12)17-5-6-18-8-14-16-11(18)7-17/h3-4,8-9H,5-7H2,1-2H3. The highest BCUT2D eigenvalue weighted by molar-refractivity contribution is 5.38. The summed E-state index contributed by atoms with van der Waals surface area (Å²) in [5.41, 5.74) is 0. The molecule has 0 fully saturated rings. The zero-order chi connectivity index (χ0) is 12.5. The van der Waals surface area contributed by atoms with Crippen LogP contribution in [0.5, 0.6) is 0 Å². The molecule has 6 nitrogen and oxygen atoms in total. The molecule has 0 aromatic carbocycles. The van der Waals surface area contributed by atoms with Crippen molar-refractivity contribution in [3.63, 3.8) is 0 Å². The van der Waals surface area contributed by atoms with E-state index in [0.29, 0.717) is 5.92 Å². The Morgan fingerprint density at radius 1 is 1.28 bits per heavy atom. The zero-order valence-corrected chi connectivity index (χ0v) is 10.6. The van der Waals surface area contributed by atoms with Crippen LogP contribution in [0.15, 0.2) is 18.6 Å². The fourth-order valence-electron chi connectivity index (χ4n) is 2.08. The average Bonchev–Trinajstić information content (AvgIpc) is 2.86. The lowest BCUT2D eigenvalue weighted by atomic mass is 10.2. The Kier molecular flexibility index (Phi) is 2.70. The molecule has 0 unspecified atom stereocenters. The van der Waals surface area contributed by atoms with Crippen LogP contribution in [0.4, 0.5) is 5.82 Å². The zero-order valence-electron chi connectivity index (χ0n) is 10.6. The minimum Gasteiger partial charge on any atom is -0.347 e. The number of anilines is 1. The van der Waals surface area contributed by atoms with Crippen LogP contribution in [0.25, 0.3) is 0 Å². The van der Waals surface area contributed by atoms with Gasteiger partial charge in [-0.1, -0.05) is 13.8 Å². The molecule has 0 saturated heterocycles. The molecule has 0 aliphatic carbocycles. The summed E-state index contributed by atoms with van der Waals surface area (Å²) < 4.78 is 2.08. The van der Waals surface area contributed by atoms with Crippen molar-refractivity contribution in [2.45, 2.75) is 32.9 Å². The minimum atomic E-state index is 0.346. The number of nitrogens with zero attached hydrogens (tertiary/aromatic N) is 6. The predicted molar refractivity (Wildman–Crippen MR) is 67.2 cm³/mol. The van der Waals surface area contributed by atoms with Crippen LogP contribution in [-0.2, 0) is 13.1 Å². The van der Waals surface area contributed by atoms with E-state index in [9.17, 15) is 0 Å². The summed E-state index contributed by atoms with van der Waals surface area (Å²) in [4.78, 5) is 11.1. The Bertz CT molecular complexity index is 547. The van der Waals surface area contributed by atoms with E-state index in [-0.39, 0.29) is 0 Å². The van der Waals surface area contributed by atoms with Gasteiger partial charge in [-0.25, -0.2) is 9.97 Å². The van der Waals surface area contributed by atoms with Gasteiger partial charge in [0.1, 0.15) is 18.0 Å². The molecule has 2 aromatic rings. The molecule has 3 heterocycles. The van der Waals surface area contributed by atoms with Gasteiger partial charge in [-0.3, -0.25) is 0 Å². The maximum absolute atomic E-state index is 4.61. The molecule has 0 atom stereocenters. The van der Waals surface area contributed by atoms with Crippen LogP contribution in [0.3, 0.4) is 0 Å². The molecular weight excluding hydrogens is 228 g/mol. The second-order valence-electron chi connectivity index (χ2n) is 4.79. The summed E-state index contributed by atoms with van der Waals surface area (Å²) in [5, 5.41) is 8.05. The lowest BCUT2D eigenvalue weighted by molar-refractivity contribution is 0.554. The highest BCUT2D eigenvalue weighted by Gasteiger charge is 2.19. The maximum Gasteiger partial charge on any atom is 0.152 e. The van der Waals surface area contributed by atoms with Crippen molar-refractivity contribution >= 4 is 5.82 Å². The van der Waals surface area contributed by atoms with Crippen LogP contribution in [0, 0.1) is 0 Å². The van der Waals surface area contributed by atoms with Gasteiger partial charge in [-0.15, -0.1) is 10.2 Å². The van der Waals surface area contributed by atoms with Crippen molar-refractivity contribution in [2.24, 2.45) is 0 Å². The first-order valence-corrected chi connectivity index (χ1v) is 6.18. The molecule has 2 aromatic heterocycles. The fraction of sp³-hybridized carbons (Fsp3) is 0.500. The summed E-state index contributed by atoms with van der Waals surface area (Å²) in [7, 11) is 0. The molecule has 94 valence electrons. The second-order valence-corrected chi connectivity index (χ2v) is 4.79. The maximum atomic E-state index is 4.61. The van der Waals surface area contributed by atoms with Crippen LogP contribution in [0.1, 0.15) is 31.4 Å². The number of rotatable bonds is 2. The van der Waals surface area contributed by atoms with E-state index < -0.39 is 0 Å². The Labute approximate surface area is 106 Å². The van der Waals surface area contributed by atoms with Crippen molar-refractivity contribution in [2.75, 3.05) is 11.4 Å². The fourth-order valence-corrected chi connectivity index (χ4v) is 2.08. The topological polar surface area (TPSA) is 59.7 Å². The van der Waals surface area contributed by atoms with E-state index in [1.165, 1.54) is 0 Å². The molecule has 6 heteroatoms. The first-order chi connectivity index (χ1) is 8.74. The van der Waals surface area contributed by atoms with Crippen molar-refractivity contribution in [3.8, 4) is 0 Å². The predicted octanol–water partition coefficient (Wildman–Crippen LogP) is 1.21. The molecule has 0 amide bonds. The van der Waals surface area contributed by atoms with Crippen LogP contribution in [0.2, 0.25) is 0 Å². The van der Waals surface area contributed by atoms with E-state index in [1.807, 2.05) is 12.3 Å². The molecule has 1 aliphatic heterocycles. The van der Waals surface area contributed by atoms with Crippen molar-refractivity contribution in [1.82, 2.24) is 24.7 Å². The highest BCUT2D eigenvalue weighted by Crippen LogP contribution is 2.19. The van der Waals surface area contributed by atoms with Gasteiger partial charge in [-0.05, 0) is 6.07 Å². The third-order valence-corrected chi connectivity index (χ3v) is 3.14. The number of aromatic nitrogens is 5. The monoisotopic (exact) mass is 244 g/mol. The molecule has 1 aliphatic rings. The van der Waals surface area contributed by atoms with Gasteiger partial charge in [0, 0.05) is 25.2 Å². The molecule has 3 rings (SSSR count). The average molecular weight is 244 g/mol. The summed E-state index contributed by atoms with van der Waals surface area (Å²) in [6.45, 7) is 6.80. The summed E-state index contributed by atoms with van der Waals surface area (Å²) >= 11 is 0. The third-order valence-electron chi connectivity index (χ3n) is 3.14. The van der Waals surface area contributed by atoms with Crippen LogP contribution < -0.4 is 4.90 Å². The van der Waals surface area contributed by atoms with E-state index in [4.69, 9.17) is 0 Å². The van der Waals surface area contributed by atoms with E-state index in [1.54, 1.807) is 6.33 Å². The van der Waals surface area contributed by atoms with E-state index >= 15 is 0 Å². The van der Waals surface area contributed by atoms with Gasteiger partial charge in [0.2, 0.25) is 0 Å². The van der Waals surface area contributed by atoms with Gasteiger partial charge in [0.15, 0.2) is 5.82 Å². The molecular formula is C12H16N6. The van der Waals surface area contributed by atoms with Crippen LogP contribution >= 0.6 is 0 Å². The lowest BCUT2D eigenvalue weighted by Gasteiger charge is -2.28. The minimum absolute atomic E-state index is 0.346. The number of hydrogen-bond acceptors (Lipinski definition) is 5. The van der Waals surface area contributed by atoms with Crippen molar-refractivity contribution < 1.29 is 0 Å². The van der Waals surface area contributed by atoms with Gasteiger partial charge in [-0.2, -0.15) is 0 Å². The smallest absolute Gasteiger partial charge is 0.152 e. The number of hydrogen-bond donors (Lipinski definition) is 0. The molecule has 0 saturated carbocycles. The van der Waals surface area contributed by atoms with Gasteiger partial charge < -0.3 is 9.47 Å². The van der Waals surface area contributed by atoms with Gasteiger partial charge >= 0.3 is 0 Å². The van der Waals surface area contributed by atoms with Crippen molar-refractivity contribution in [3.05, 3.63) is 30.2 Å². The Hall–Kier alpha value is -1.98. The van der Waals surface area contributed by atoms with Crippen molar-refractivity contribution in [1.29, 1.82) is 0 Å². The SMILES string of the molecule is CC(C)c1nccc(N2CCn3cnnc3C2)n1. The van der Waals surface area contributed by atoms with E-state index in [0.717, 1.165) is 37.1 Å². The summed E-state index contributed by atoms with van der Waals surface area (Å²) in [6, 6.07) is 1.96. The summed E-state index contributed by atoms with van der Waals surface area (Å²) in [5.74, 6) is 3.20. The van der Waals surface area contributed by atoms with Gasteiger partial charge in [0.25, 0.3) is 0 Å². The summed E-state index contributed by atoms with van der Waals surface area (Å²) in [6.07, 6.45) is 3.61. The molecule has 0 N–H and O–H groups in total. The Balaban J connectivity index is 1.86. The molecule has 0 spiro atoms. The lowest BCUT2D eigenvalue weighted by Crippen LogP contribution is -2.34. The molecule has 0 bridgehead atoms. The Morgan fingerprint density at radius 3 is 3.00 bits per heavy atom. The quantitative estimate of drug-likeness (QED) is 0.794. The molecule has 0 radical (unpaired) electrons. The largest absolute Gasteiger partial charge is 0.347 e. The normalized spacial score (nSPS) is 14.9. The first-order valence-electron chi connectivity index (χ1n) is 6.18. The number of fused-ring (bicyclic) bond motifs is 1. The highest BCUT2D eigenvalue weighted by atomic mass is 15.3. The third kappa shape index (κ3) is 1.94. The van der Waals surface area contributed by atoms with Crippen LogP contribution in [-0.4, -0.2) is 31.3 Å².